The average Bonchev–Trinajstić information content (AvgIpc) is 3.42. The van der Waals surface area contributed by atoms with E-state index in [1.165, 1.54) is 33.5 Å². The average molecular weight is 388 g/mol. The minimum absolute atomic E-state index is 0.154. The molecule has 1 fully saturated rings. The van der Waals surface area contributed by atoms with E-state index < -0.39 is 0 Å². The Morgan fingerprint density at radius 2 is 1.96 bits per heavy atom. The SMILES string of the molecule is O=C(c1cccs1)N1CCCC(c2[nH]c3ccccc3c2-c2ccncc2)C1. The van der Waals surface area contributed by atoms with Gasteiger partial charge in [-0.25, -0.2) is 0 Å². The molecule has 28 heavy (non-hydrogen) atoms. The van der Waals surface area contributed by atoms with E-state index in [-0.39, 0.29) is 5.91 Å². The molecule has 0 aliphatic carbocycles. The van der Waals surface area contributed by atoms with Gasteiger partial charge in [0.1, 0.15) is 0 Å². The Kier molecular flexibility index (Phi) is 4.45. The number of likely N-dealkylation sites (tertiary alicyclic amines) is 1. The standard InChI is InChI=1S/C23H21N3OS/c27-23(20-8-4-14-28-20)26-13-3-5-17(15-26)22-21(16-9-11-24-12-10-16)18-6-1-2-7-19(18)25-22/h1-2,4,6-12,14,17,25H,3,5,13,15H2. The van der Waals surface area contributed by atoms with Gasteiger partial charge >= 0.3 is 0 Å². The summed E-state index contributed by atoms with van der Waals surface area (Å²) in [5.74, 6) is 0.453. The van der Waals surface area contributed by atoms with Gasteiger partial charge in [-0.05, 0) is 48.1 Å². The van der Waals surface area contributed by atoms with Crippen molar-refractivity contribution in [3.63, 3.8) is 0 Å². The van der Waals surface area contributed by atoms with E-state index in [1.807, 2.05) is 34.8 Å². The summed E-state index contributed by atoms with van der Waals surface area (Å²) in [5, 5.41) is 3.19. The molecule has 1 N–H and O–H groups in total. The predicted octanol–water partition coefficient (Wildman–Crippen LogP) is 5.31. The molecule has 4 heterocycles. The minimum Gasteiger partial charge on any atom is -0.358 e. The van der Waals surface area contributed by atoms with Gasteiger partial charge < -0.3 is 9.88 Å². The second kappa shape index (κ2) is 7.24. The van der Waals surface area contributed by atoms with Crippen LogP contribution in [0.25, 0.3) is 22.0 Å². The molecule has 0 spiro atoms. The fraction of sp³-hybridized carbons (Fsp3) is 0.217. The number of H-pyrrole nitrogens is 1. The highest BCUT2D eigenvalue weighted by molar-refractivity contribution is 7.12. The number of aromatic amines is 1. The highest BCUT2D eigenvalue weighted by atomic mass is 32.1. The van der Waals surface area contributed by atoms with Gasteiger partial charge in [-0.2, -0.15) is 0 Å². The predicted molar refractivity (Wildman–Crippen MR) is 114 cm³/mol. The Bertz CT molecular complexity index is 1100. The van der Waals surface area contributed by atoms with Crippen LogP contribution in [0.2, 0.25) is 0 Å². The number of benzene rings is 1. The topological polar surface area (TPSA) is 49.0 Å². The zero-order chi connectivity index (χ0) is 18.9. The van der Waals surface area contributed by atoms with Crippen molar-refractivity contribution < 1.29 is 4.79 Å². The molecule has 4 nitrogen and oxygen atoms in total. The zero-order valence-electron chi connectivity index (χ0n) is 15.5. The Hall–Kier alpha value is -2.92. The van der Waals surface area contributed by atoms with Gasteiger partial charge in [0, 0.05) is 53.6 Å². The highest BCUT2D eigenvalue weighted by Crippen LogP contribution is 2.39. The van der Waals surface area contributed by atoms with Gasteiger partial charge in [0.05, 0.1) is 4.88 Å². The summed E-state index contributed by atoms with van der Waals surface area (Å²) >= 11 is 1.52. The maximum Gasteiger partial charge on any atom is 0.263 e. The molecule has 5 rings (SSSR count). The molecule has 1 atom stereocenters. The third-order valence-corrected chi connectivity index (χ3v) is 6.41. The van der Waals surface area contributed by atoms with Crippen LogP contribution in [0.15, 0.2) is 66.3 Å². The number of rotatable bonds is 3. The van der Waals surface area contributed by atoms with Crippen molar-refractivity contribution in [3.05, 3.63) is 76.9 Å². The van der Waals surface area contributed by atoms with Gasteiger partial charge in [-0.3, -0.25) is 9.78 Å². The van der Waals surface area contributed by atoms with Crippen LogP contribution in [-0.4, -0.2) is 33.9 Å². The van der Waals surface area contributed by atoms with E-state index in [1.54, 1.807) is 0 Å². The molecule has 1 amide bonds. The number of thiophene rings is 1. The molecule has 1 aliphatic rings. The molecule has 1 saturated heterocycles. The summed E-state index contributed by atoms with van der Waals surface area (Å²) in [7, 11) is 0. The van der Waals surface area contributed by atoms with E-state index in [0.29, 0.717) is 5.92 Å². The van der Waals surface area contributed by atoms with Crippen molar-refractivity contribution >= 4 is 28.1 Å². The van der Waals surface area contributed by atoms with E-state index >= 15 is 0 Å². The fourth-order valence-corrected chi connectivity index (χ4v) is 4.94. The molecular weight excluding hydrogens is 366 g/mol. The Balaban J connectivity index is 1.55. The van der Waals surface area contributed by atoms with Crippen LogP contribution >= 0.6 is 11.3 Å². The molecule has 1 aliphatic heterocycles. The maximum atomic E-state index is 12.9. The van der Waals surface area contributed by atoms with E-state index in [0.717, 1.165) is 36.3 Å². The van der Waals surface area contributed by atoms with Crippen LogP contribution in [0, 0.1) is 0 Å². The van der Waals surface area contributed by atoms with E-state index in [9.17, 15) is 4.79 Å². The van der Waals surface area contributed by atoms with Gasteiger partial charge in [0.2, 0.25) is 0 Å². The number of nitrogens with one attached hydrogen (secondary N) is 1. The number of carbonyl (C=O) groups is 1. The lowest BCUT2D eigenvalue weighted by atomic mass is 9.89. The highest BCUT2D eigenvalue weighted by Gasteiger charge is 2.29. The maximum absolute atomic E-state index is 12.9. The smallest absolute Gasteiger partial charge is 0.263 e. The molecule has 0 radical (unpaired) electrons. The lowest BCUT2D eigenvalue weighted by Crippen LogP contribution is -2.39. The van der Waals surface area contributed by atoms with Crippen molar-refractivity contribution in [1.82, 2.24) is 14.9 Å². The molecule has 0 bridgehead atoms. The molecule has 140 valence electrons. The third-order valence-electron chi connectivity index (χ3n) is 5.55. The van der Waals surface area contributed by atoms with Crippen molar-refractivity contribution in [2.45, 2.75) is 18.8 Å². The van der Waals surface area contributed by atoms with Crippen LogP contribution in [0.5, 0.6) is 0 Å². The zero-order valence-corrected chi connectivity index (χ0v) is 16.3. The number of nitrogens with zero attached hydrogens (tertiary/aromatic N) is 2. The first kappa shape index (κ1) is 17.2. The van der Waals surface area contributed by atoms with Crippen molar-refractivity contribution in [2.24, 2.45) is 0 Å². The number of pyridine rings is 1. The number of piperidine rings is 1. The summed E-state index contributed by atoms with van der Waals surface area (Å²) in [4.78, 5) is 23.6. The number of hydrogen-bond donors (Lipinski definition) is 1. The van der Waals surface area contributed by atoms with Gasteiger partial charge in [-0.1, -0.05) is 24.3 Å². The number of hydrogen-bond acceptors (Lipinski definition) is 3. The Morgan fingerprint density at radius 3 is 2.79 bits per heavy atom. The summed E-state index contributed by atoms with van der Waals surface area (Å²) in [6, 6.07) is 16.4. The van der Waals surface area contributed by atoms with Crippen LogP contribution in [0.1, 0.15) is 34.1 Å². The lowest BCUT2D eigenvalue weighted by Gasteiger charge is -2.32. The van der Waals surface area contributed by atoms with Crippen molar-refractivity contribution in [3.8, 4) is 11.1 Å². The second-order valence-electron chi connectivity index (χ2n) is 7.26. The Morgan fingerprint density at radius 1 is 1.11 bits per heavy atom. The largest absolute Gasteiger partial charge is 0.358 e. The quantitative estimate of drug-likeness (QED) is 0.518. The van der Waals surface area contributed by atoms with Crippen molar-refractivity contribution in [1.29, 1.82) is 0 Å². The number of para-hydroxylation sites is 1. The number of carbonyl (C=O) groups excluding carboxylic acids is 1. The number of fused-ring (bicyclic) bond motifs is 1. The van der Waals surface area contributed by atoms with Gasteiger partial charge in [0.15, 0.2) is 0 Å². The monoisotopic (exact) mass is 387 g/mol. The first-order valence-corrected chi connectivity index (χ1v) is 10.5. The molecule has 3 aromatic heterocycles. The molecule has 4 aromatic rings. The lowest BCUT2D eigenvalue weighted by molar-refractivity contribution is 0.0711. The van der Waals surface area contributed by atoms with E-state index in [4.69, 9.17) is 0 Å². The van der Waals surface area contributed by atoms with Crippen LogP contribution in [0.3, 0.4) is 0 Å². The molecule has 5 heteroatoms. The fourth-order valence-electron chi connectivity index (χ4n) is 4.25. The van der Waals surface area contributed by atoms with Crippen LogP contribution in [0.4, 0.5) is 0 Å². The molecule has 1 unspecified atom stereocenters. The summed E-state index contributed by atoms with van der Waals surface area (Å²) < 4.78 is 0. The van der Waals surface area contributed by atoms with Crippen molar-refractivity contribution in [2.75, 3.05) is 13.1 Å². The summed E-state index contributed by atoms with van der Waals surface area (Å²) in [6.45, 7) is 1.58. The van der Waals surface area contributed by atoms with Crippen LogP contribution < -0.4 is 0 Å². The normalized spacial score (nSPS) is 17.1. The first-order chi connectivity index (χ1) is 13.8. The second-order valence-corrected chi connectivity index (χ2v) is 8.21. The summed E-state index contributed by atoms with van der Waals surface area (Å²) in [6.07, 6.45) is 5.79. The van der Waals surface area contributed by atoms with E-state index in [2.05, 4.69) is 46.4 Å². The summed E-state index contributed by atoms with van der Waals surface area (Å²) in [5.41, 5.74) is 4.79. The molecule has 1 aromatic carbocycles. The molecular formula is C23H21N3OS. The van der Waals surface area contributed by atoms with Gasteiger partial charge in [-0.15, -0.1) is 11.3 Å². The first-order valence-electron chi connectivity index (χ1n) is 9.65. The number of amides is 1. The minimum atomic E-state index is 0.154. The van der Waals surface area contributed by atoms with Crippen LogP contribution in [-0.2, 0) is 0 Å². The Labute approximate surface area is 167 Å². The third kappa shape index (κ3) is 3.02. The molecule has 0 saturated carbocycles. The number of aromatic nitrogens is 2. The van der Waals surface area contributed by atoms with Gasteiger partial charge in [0.25, 0.3) is 5.91 Å².